The van der Waals surface area contributed by atoms with Crippen molar-refractivity contribution in [3.05, 3.63) is 69.5 Å². The highest BCUT2D eigenvalue weighted by Gasteiger charge is 2.29. The maximum atomic E-state index is 12.9. The van der Waals surface area contributed by atoms with Crippen molar-refractivity contribution in [2.24, 2.45) is 0 Å². The minimum Gasteiger partial charge on any atom is -0.330 e. The van der Waals surface area contributed by atoms with Crippen molar-refractivity contribution in [3.8, 4) is 0 Å². The summed E-state index contributed by atoms with van der Waals surface area (Å²) in [6.45, 7) is 2.92. The molecule has 2 aromatic rings. The molecule has 1 amide bonds. The Kier molecular flexibility index (Phi) is 3.22. The number of hydrogen-bond donors (Lipinski definition) is 0. The van der Waals surface area contributed by atoms with Crippen molar-refractivity contribution < 1.29 is 9.18 Å². The Balaban J connectivity index is 1.87. The molecule has 0 spiro atoms. The third kappa shape index (κ3) is 2.29. The van der Waals surface area contributed by atoms with Crippen LogP contribution in [-0.2, 0) is 13.1 Å². The number of fused-ring (bicyclic) bond motifs is 1. The number of halogens is 2. The first kappa shape index (κ1) is 13.1. The van der Waals surface area contributed by atoms with Gasteiger partial charge in [-0.1, -0.05) is 23.7 Å². The summed E-state index contributed by atoms with van der Waals surface area (Å²) in [5, 5.41) is 0.651. The van der Waals surface area contributed by atoms with Gasteiger partial charge in [-0.15, -0.1) is 0 Å². The summed E-state index contributed by atoms with van der Waals surface area (Å²) in [6.07, 6.45) is 0. The lowest BCUT2D eigenvalue weighted by molar-refractivity contribution is 0.0766. The van der Waals surface area contributed by atoms with Crippen LogP contribution in [0.2, 0.25) is 5.02 Å². The van der Waals surface area contributed by atoms with Gasteiger partial charge < -0.3 is 4.90 Å². The number of rotatable bonds is 2. The fraction of sp³-hybridized carbons (Fsp3) is 0.188. The van der Waals surface area contributed by atoms with Gasteiger partial charge in [0.1, 0.15) is 5.82 Å². The summed E-state index contributed by atoms with van der Waals surface area (Å²) in [4.78, 5) is 14.2. The SMILES string of the molecule is Cc1cc(Cl)cc2c1C(=O)N(Cc1ccc(F)cc1)C2. The first-order valence-corrected chi connectivity index (χ1v) is 6.75. The monoisotopic (exact) mass is 289 g/mol. The molecule has 3 rings (SSSR count). The molecular formula is C16H13ClFNO. The fourth-order valence-corrected chi connectivity index (χ4v) is 2.91. The Labute approximate surface area is 121 Å². The smallest absolute Gasteiger partial charge is 0.255 e. The number of carbonyl (C=O) groups excluding carboxylic acids is 1. The summed E-state index contributed by atoms with van der Waals surface area (Å²) in [7, 11) is 0. The molecule has 0 atom stereocenters. The second-order valence-electron chi connectivity index (χ2n) is 5.04. The van der Waals surface area contributed by atoms with Crippen molar-refractivity contribution in [1.82, 2.24) is 4.90 Å². The molecule has 0 fully saturated rings. The molecule has 2 nitrogen and oxygen atoms in total. The molecule has 2 aromatic carbocycles. The molecule has 1 aliphatic rings. The first-order chi connectivity index (χ1) is 9.54. The molecular weight excluding hydrogens is 277 g/mol. The predicted molar refractivity (Wildman–Crippen MR) is 76.2 cm³/mol. The Hall–Kier alpha value is -1.87. The molecule has 20 heavy (non-hydrogen) atoms. The van der Waals surface area contributed by atoms with E-state index in [0.29, 0.717) is 18.1 Å². The average molecular weight is 290 g/mol. The quantitative estimate of drug-likeness (QED) is 0.820. The van der Waals surface area contributed by atoms with Gasteiger partial charge in [-0.3, -0.25) is 4.79 Å². The van der Waals surface area contributed by atoms with E-state index in [0.717, 1.165) is 22.3 Å². The molecule has 1 aliphatic heterocycles. The van der Waals surface area contributed by atoms with Crippen LogP contribution in [-0.4, -0.2) is 10.8 Å². The highest BCUT2D eigenvalue weighted by atomic mass is 35.5. The Morgan fingerprint density at radius 1 is 1.25 bits per heavy atom. The molecule has 0 bridgehead atoms. The van der Waals surface area contributed by atoms with Crippen molar-refractivity contribution in [2.45, 2.75) is 20.0 Å². The van der Waals surface area contributed by atoms with Crippen molar-refractivity contribution in [3.63, 3.8) is 0 Å². The summed E-state index contributed by atoms with van der Waals surface area (Å²) in [5.41, 5.74) is 3.52. The van der Waals surface area contributed by atoms with E-state index in [1.165, 1.54) is 12.1 Å². The third-order valence-corrected chi connectivity index (χ3v) is 3.75. The van der Waals surface area contributed by atoms with Gasteiger partial charge in [0.15, 0.2) is 0 Å². The van der Waals surface area contributed by atoms with Gasteiger partial charge in [-0.2, -0.15) is 0 Å². The van der Waals surface area contributed by atoms with Gasteiger partial charge in [0.05, 0.1) is 0 Å². The molecule has 0 saturated heterocycles. The van der Waals surface area contributed by atoms with Crippen molar-refractivity contribution >= 4 is 17.5 Å². The summed E-state index contributed by atoms with van der Waals surface area (Å²) in [6, 6.07) is 9.86. The van der Waals surface area contributed by atoms with Gasteiger partial charge in [0.2, 0.25) is 0 Å². The molecule has 0 aromatic heterocycles. The summed E-state index contributed by atoms with van der Waals surface area (Å²) < 4.78 is 12.9. The molecule has 0 aliphatic carbocycles. The van der Waals surface area contributed by atoms with Crippen LogP contribution in [0.25, 0.3) is 0 Å². The molecule has 0 radical (unpaired) electrons. The zero-order valence-corrected chi connectivity index (χ0v) is 11.7. The van der Waals surface area contributed by atoms with Gasteiger partial charge in [0.25, 0.3) is 5.91 Å². The third-order valence-electron chi connectivity index (χ3n) is 3.53. The van der Waals surface area contributed by atoms with Crippen LogP contribution in [0.4, 0.5) is 4.39 Å². The largest absolute Gasteiger partial charge is 0.330 e. The molecule has 4 heteroatoms. The van der Waals surface area contributed by atoms with E-state index < -0.39 is 0 Å². The van der Waals surface area contributed by atoms with Gasteiger partial charge >= 0.3 is 0 Å². The zero-order chi connectivity index (χ0) is 14.3. The number of nitrogens with zero attached hydrogens (tertiary/aromatic N) is 1. The van der Waals surface area contributed by atoms with Gasteiger partial charge in [-0.05, 0) is 47.9 Å². The lowest BCUT2D eigenvalue weighted by Crippen LogP contribution is -2.23. The number of aryl methyl sites for hydroxylation is 1. The Morgan fingerprint density at radius 2 is 1.95 bits per heavy atom. The number of hydrogen-bond acceptors (Lipinski definition) is 1. The van der Waals surface area contributed by atoms with Crippen molar-refractivity contribution in [1.29, 1.82) is 0 Å². The predicted octanol–water partition coefficient (Wildman–Crippen LogP) is 3.94. The molecule has 0 saturated carbocycles. The van der Waals surface area contributed by atoms with E-state index in [9.17, 15) is 9.18 Å². The van der Waals surface area contributed by atoms with E-state index >= 15 is 0 Å². The average Bonchev–Trinajstić information content (AvgIpc) is 2.69. The molecule has 102 valence electrons. The normalized spacial score (nSPS) is 13.8. The summed E-state index contributed by atoms with van der Waals surface area (Å²) >= 11 is 6.03. The van der Waals surface area contributed by atoms with E-state index in [4.69, 9.17) is 11.6 Å². The minimum atomic E-state index is -0.271. The maximum absolute atomic E-state index is 12.9. The van der Waals surface area contributed by atoms with Crippen LogP contribution in [0, 0.1) is 12.7 Å². The Bertz CT molecular complexity index is 682. The topological polar surface area (TPSA) is 20.3 Å². The molecule has 1 heterocycles. The van der Waals surface area contributed by atoms with E-state index in [1.54, 1.807) is 23.1 Å². The molecule has 0 N–H and O–H groups in total. The lowest BCUT2D eigenvalue weighted by Gasteiger charge is -2.15. The van der Waals surface area contributed by atoms with E-state index in [1.807, 2.05) is 13.0 Å². The van der Waals surface area contributed by atoms with Crippen LogP contribution in [0.5, 0.6) is 0 Å². The lowest BCUT2D eigenvalue weighted by atomic mass is 10.0. The molecule has 0 unspecified atom stereocenters. The van der Waals surface area contributed by atoms with Crippen molar-refractivity contribution in [2.75, 3.05) is 0 Å². The van der Waals surface area contributed by atoms with Crippen LogP contribution in [0.15, 0.2) is 36.4 Å². The minimum absolute atomic E-state index is 0.0125. The second-order valence-corrected chi connectivity index (χ2v) is 5.48. The standard InChI is InChI=1S/C16H13ClFNO/c1-10-6-13(17)7-12-9-19(16(20)15(10)12)8-11-2-4-14(18)5-3-11/h2-7H,8-9H2,1H3. The van der Waals surface area contributed by atoms with Gasteiger partial charge in [0, 0.05) is 23.7 Å². The zero-order valence-electron chi connectivity index (χ0n) is 11.0. The fourth-order valence-electron chi connectivity index (χ4n) is 2.62. The van der Waals surface area contributed by atoms with Crippen LogP contribution < -0.4 is 0 Å². The van der Waals surface area contributed by atoms with Gasteiger partial charge in [-0.25, -0.2) is 4.39 Å². The Morgan fingerprint density at radius 3 is 2.65 bits per heavy atom. The van der Waals surface area contributed by atoms with Crippen LogP contribution >= 0.6 is 11.6 Å². The number of amides is 1. The highest BCUT2D eigenvalue weighted by Crippen LogP contribution is 2.30. The van der Waals surface area contributed by atoms with E-state index in [2.05, 4.69) is 0 Å². The summed E-state index contributed by atoms with van der Waals surface area (Å²) in [5.74, 6) is -0.258. The maximum Gasteiger partial charge on any atom is 0.255 e. The highest BCUT2D eigenvalue weighted by molar-refractivity contribution is 6.31. The first-order valence-electron chi connectivity index (χ1n) is 6.37. The van der Waals surface area contributed by atoms with Crippen LogP contribution in [0.1, 0.15) is 27.0 Å². The second kappa shape index (κ2) is 4.91. The number of carbonyl (C=O) groups is 1. The van der Waals surface area contributed by atoms with E-state index in [-0.39, 0.29) is 11.7 Å². The number of benzene rings is 2. The van der Waals surface area contributed by atoms with Crippen LogP contribution in [0.3, 0.4) is 0 Å².